The molecule has 2 rings (SSSR count). The van der Waals surface area contributed by atoms with E-state index >= 15 is 0 Å². The van der Waals surface area contributed by atoms with E-state index in [1.54, 1.807) is 19.1 Å². The molecule has 0 aromatic heterocycles. The number of piperazine rings is 1. The second-order valence-corrected chi connectivity index (χ2v) is 6.96. The summed E-state index contributed by atoms with van der Waals surface area (Å²) in [6.07, 6.45) is 0.516. The average molecular weight is 336 g/mol. The Balaban J connectivity index is 2.01. The minimum absolute atomic E-state index is 0.161. The lowest BCUT2D eigenvalue weighted by atomic mass is 10.0. The smallest absolute Gasteiger partial charge is 0.410 e. The maximum Gasteiger partial charge on any atom is 0.410 e. The SMILES string of the molecule is COc1ccc(C[C@@H]2CN(C(=O)OC(C)(C)C)CCN2)c(OC)c1. The fourth-order valence-corrected chi connectivity index (χ4v) is 2.74. The summed E-state index contributed by atoms with van der Waals surface area (Å²) in [5, 5.41) is 3.46. The van der Waals surface area contributed by atoms with E-state index in [1.807, 2.05) is 39.0 Å². The van der Waals surface area contributed by atoms with Crippen LogP contribution < -0.4 is 14.8 Å². The molecule has 1 N–H and O–H groups in total. The monoisotopic (exact) mass is 336 g/mol. The van der Waals surface area contributed by atoms with Crippen LogP contribution in [0.15, 0.2) is 18.2 Å². The minimum Gasteiger partial charge on any atom is -0.497 e. The van der Waals surface area contributed by atoms with E-state index in [2.05, 4.69) is 5.32 Å². The van der Waals surface area contributed by atoms with E-state index in [4.69, 9.17) is 14.2 Å². The molecule has 0 unspecified atom stereocenters. The molecular weight excluding hydrogens is 308 g/mol. The Kier molecular flexibility index (Phi) is 5.94. The summed E-state index contributed by atoms with van der Waals surface area (Å²) in [4.78, 5) is 14.0. The number of ether oxygens (including phenoxy) is 3. The predicted molar refractivity (Wildman–Crippen MR) is 92.8 cm³/mol. The lowest BCUT2D eigenvalue weighted by molar-refractivity contribution is 0.0195. The third kappa shape index (κ3) is 5.03. The first kappa shape index (κ1) is 18.4. The van der Waals surface area contributed by atoms with Crippen LogP contribution in [0.3, 0.4) is 0 Å². The van der Waals surface area contributed by atoms with Crippen molar-refractivity contribution in [3.05, 3.63) is 23.8 Å². The van der Waals surface area contributed by atoms with E-state index in [9.17, 15) is 4.79 Å². The van der Waals surface area contributed by atoms with E-state index in [0.29, 0.717) is 13.1 Å². The summed E-state index contributed by atoms with van der Waals surface area (Å²) in [5.41, 5.74) is 0.609. The summed E-state index contributed by atoms with van der Waals surface area (Å²) in [7, 11) is 3.29. The first-order chi connectivity index (χ1) is 11.3. The zero-order valence-electron chi connectivity index (χ0n) is 15.2. The van der Waals surface area contributed by atoms with Gasteiger partial charge in [-0.15, -0.1) is 0 Å². The van der Waals surface area contributed by atoms with Gasteiger partial charge in [0.1, 0.15) is 17.1 Å². The standard InChI is InChI=1S/C18H28N2O4/c1-18(2,3)24-17(21)20-9-8-19-14(12-20)10-13-6-7-15(22-4)11-16(13)23-5/h6-7,11,14,19H,8-10,12H2,1-5H3/t14-/m1/s1. The van der Waals surface area contributed by atoms with Gasteiger partial charge in [-0.1, -0.05) is 6.07 Å². The highest BCUT2D eigenvalue weighted by Gasteiger charge is 2.27. The summed E-state index contributed by atoms with van der Waals surface area (Å²) in [6.45, 7) is 7.67. The maximum absolute atomic E-state index is 12.3. The fraction of sp³-hybridized carbons (Fsp3) is 0.611. The minimum atomic E-state index is -0.476. The molecule has 0 aliphatic carbocycles. The van der Waals surface area contributed by atoms with Crippen LogP contribution in [0.5, 0.6) is 11.5 Å². The van der Waals surface area contributed by atoms with Crippen LogP contribution in [0.25, 0.3) is 0 Å². The molecule has 1 aliphatic heterocycles. The molecule has 134 valence electrons. The summed E-state index contributed by atoms with van der Waals surface area (Å²) >= 11 is 0. The number of nitrogens with zero attached hydrogens (tertiary/aromatic N) is 1. The first-order valence-corrected chi connectivity index (χ1v) is 8.24. The number of methoxy groups -OCH3 is 2. The van der Waals surface area contributed by atoms with Crippen molar-refractivity contribution in [3.8, 4) is 11.5 Å². The number of nitrogens with one attached hydrogen (secondary N) is 1. The number of amides is 1. The third-order valence-corrected chi connectivity index (χ3v) is 3.87. The Morgan fingerprint density at radius 2 is 2.04 bits per heavy atom. The van der Waals surface area contributed by atoms with Gasteiger partial charge >= 0.3 is 6.09 Å². The zero-order valence-corrected chi connectivity index (χ0v) is 15.2. The van der Waals surface area contributed by atoms with E-state index in [-0.39, 0.29) is 12.1 Å². The van der Waals surface area contributed by atoms with Crippen LogP contribution in [-0.4, -0.2) is 56.5 Å². The molecule has 1 aliphatic rings. The molecule has 1 saturated heterocycles. The maximum atomic E-state index is 12.3. The molecule has 0 saturated carbocycles. The van der Waals surface area contributed by atoms with Crippen LogP contribution in [0.4, 0.5) is 4.79 Å². The van der Waals surface area contributed by atoms with Crippen molar-refractivity contribution in [1.29, 1.82) is 0 Å². The number of carbonyl (C=O) groups excluding carboxylic acids is 1. The third-order valence-electron chi connectivity index (χ3n) is 3.87. The second-order valence-electron chi connectivity index (χ2n) is 6.96. The largest absolute Gasteiger partial charge is 0.497 e. The highest BCUT2D eigenvalue weighted by atomic mass is 16.6. The highest BCUT2D eigenvalue weighted by molar-refractivity contribution is 5.68. The number of carbonyl (C=O) groups is 1. The van der Waals surface area contributed by atoms with Gasteiger partial charge in [0, 0.05) is 31.7 Å². The number of hydrogen-bond donors (Lipinski definition) is 1. The molecule has 1 amide bonds. The number of benzene rings is 1. The van der Waals surface area contributed by atoms with Crippen LogP contribution in [0, 0.1) is 0 Å². The molecule has 0 spiro atoms. The van der Waals surface area contributed by atoms with Crippen LogP contribution in [0.2, 0.25) is 0 Å². The highest BCUT2D eigenvalue weighted by Crippen LogP contribution is 2.26. The van der Waals surface area contributed by atoms with Crippen molar-refractivity contribution >= 4 is 6.09 Å². The summed E-state index contributed by atoms with van der Waals surface area (Å²) < 4.78 is 16.2. The molecule has 6 heteroatoms. The van der Waals surface area contributed by atoms with Crippen molar-refractivity contribution in [2.24, 2.45) is 0 Å². The Bertz CT molecular complexity index is 569. The van der Waals surface area contributed by atoms with E-state index in [1.165, 1.54) is 0 Å². The lowest BCUT2D eigenvalue weighted by Gasteiger charge is -2.35. The van der Waals surface area contributed by atoms with E-state index in [0.717, 1.165) is 30.0 Å². The van der Waals surface area contributed by atoms with Crippen molar-refractivity contribution < 1.29 is 19.0 Å². The molecule has 0 bridgehead atoms. The van der Waals surface area contributed by atoms with Gasteiger partial charge in [-0.25, -0.2) is 4.79 Å². The van der Waals surface area contributed by atoms with Gasteiger partial charge in [-0.2, -0.15) is 0 Å². The Labute approximate surface area is 144 Å². The van der Waals surface area contributed by atoms with Crippen molar-refractivity contribution in [2.75, 3.05) is 33.9 Å². The van der Waals surface area contributed by atoms with E-state index < -0.39 is 5.60 Å². The normalized spacial score (nSPS) is 18.2. The predicted octanol–water partition coefficient (Wildman–Crippen LogP) is 2.46. The van der Waals surface area contributed by atoms with Crippen molar-refractivity contribution in [2.45, 2.75) is 38.8 Å². The molecule has 1 atom stereocenters. The molecule has 1 aromatic carbocycles. The first-order valence-electron chi connectivity index (χ1n) is 8.24. The van der Waals surface area contributed by atoms with Crippen LogP contribution in [0.1, 0.15) is 26.3 Å². The number of hydrogen-bond acceptors (Lipinski definition) is 5. The molecule has 0 radical (unpaired) electrons. The van der Waals surface area contributed by atoms with Gasteiger partial charge < -0.3 is 24.4 Å². The zero-order chi connectivity index (χ0) is 17.7. The summed E-state index contributed by atoms with van der Waals surface area (Å²) in [6, 6.07) is 5.97. The van der Waals surface area contributed by atoms with Gasteiger partial charge in [0.15, 0.2) is 0 Å². The van der Waals surface area contributed by atoms with Gasteiger partial charge in [0.25, 0.3) is 0 Å². The quantitative estimate of drug-likeness (QED) is 0.915. The molecule has 1 fully saturated rings. The fourth-order valence-electron chi connectivity index (χ4n) is 2.74. The average Bonchev–Trinajstić information content (AvgIpc) is 2.54. The second kappa shape index (κ2) is 7.75. The van der Waals surface area contributed by atoms with Gasteiger partial charge in [0.05, 0.1) is 14.2 Å². The van der Waals surface area contributed by atoms with Crippen molar-refractivity contribution in [1.82, 2.24) is 10.2 Å². The van der Waals surface area contributed by atoms with Gasteiger partial charge in [-0.05, 0) is 38.8 Å². The van der Waals surface area contributed by atoms with Gasteiger partial charge in [-0.3, -0.25) is 0 Å². The lowest BCUT2D eigenvalue weighted by Crippen LogP contribution is -2.54. The molecule has 24 heavy (non-hydrogen) atoms. The Morgan fingerprint density at radius 1 is 1.29 bits per heavy atom. The Morgan fingerprint density at radius 3 is 2.67 bits per heavy atom. The molecule has 1 aromatic rings. The number of rotatable bonds is 4. The topological polar surface area (TPSA) is 60.0 Å². The van der Waals surface area contributed by atoms with Crippen LogP contribution >= 0.6 is 0 Å². The van der Waals surface area contributed by atoms with Gasteiger partial charge in [0.2, 0.25) is 0 Å². The molecular formula is C18H28N2O4. The summed E-state index contributed by atoms with van der Waals surface area (Å²) in [5.74, 6) is 1.56. The molecule has 1 heterocycles. The Hall–Kier alpha value is -1.95. The van der Waals surface area contributed by atoms with Crippen LogP contribution in [-0.2, 0) is 11.2 Å². The van der Waals surface area contributed by atoms with Crippen molar-refractivity contribution in [3.63, 3.8) is 0 Å². The molecule has 6 nitrogen and oxygen atoms in total.